The number of hydrogen-bond donors (Lipinski definition) is 1. The Morgan fingerprint density at radius 2 is 1.71 bits per heavy atom. The molecule has 0 atom stereocenters. The molecule has 0 spiro atoms. The Morgan fingerprint density at radius 3 is 2.48 bits per heavy atom. The van der Waals surface area contributed by atoms with Gasteiger partial charge in [0.25, 0.3) is 0 Å². The number of nitrogens with one attached hydrogen (secondary N) is 1. The first-order valence-corrected chi connectivity index (χ1v) is 7.89. The zero-order chi connectivity index (χ0) is 15.2. The summed E-state index contributed by atoms with van der Waals surface area (Å²) < 4.78 is 0. The lowest BCUT2D eigenvalue weighted by molar-refractivity contribution is -0.118. The smallest absolute Gasteiger partial charge is 0.217 e. The number of benzene rings is 1. The van der Waals surface area contributed by atoms with Gasteiger partial charge in [0.05, 0.1) is 0 Å². The Hall–Kier alpha value is -1.83. The van der Waals surface area contributed by atoms with Crippen LogP contribution in [0.15, 0.2) is 54.6 Å². The molecule has 0 saturated carbocycles. The van der Waals surface area contributed by atoms with E-state index < -0.39 is 0 Å². The number of allylic oxidation sites excluding steroid dienone is 3. The summed E-state index contributed by atoms with van der Waals surface area (Å²) in [5, 5.41) is 2.72. The van der Waals surface area contributed by atoms with Crippen LogP contribution in [0.2, 0.25) is 0 Å². The first-order chi connectivity index (χ1) is 10.3. The highest BCUT2D eigenvalue weighted by Gasteiger charge is 1.92. The Morgan fingerprint density at radius 1 is 1.00 bits per heavy atom. The average Bonchev–Trinajstić information content (AvgIpc) is 2.49. The molecule has 2 nitrogen and oxygen atoms in total. The molecule has 1 N–H and O–H groups in total. The van der Waals surface area contributed by atoms with Crippen molar-refractivity contribution in [3.63, 3.8) is 0 Å². The fourth-order valence-corrected chi connectivity index (χ4v) is 2.11. The van der Waals surface area contributed by atoms with E-state index in [1.54, 1.807) is 0 Å². The van der Waals surface area contributed by atoms with Gasteiger partial charge in [0.15, 0.2) is 0 Å². The van der Waals surface area contributed by atoms with E-state index >= 15 is 0 Å². The van der Waals surface area contributed by atoms with E-state index in [9.17, 15) is 4.79 Å². The van der Waals surface area contributed by atoms with E-state index in [0.29, 0.717) is 6.54 Å². The molecule has 1 rings (SSSR count). The van der Waals surface area contributed by atoms with Crippen LogP contribution >= 0.6 is 0 Å². The Labute approximate surface area is 129 Å². The van der Waals surface area contributed by atoms with E-state index in [-0.39, 0.29) is 5.91 Å². The third kappa shape index (κ3) is 10.6. The second kappa shape index (κ2) is 12.0. The molecule has 0 aliphatic carbocycles. The van der Waals surface area contributed by atoms with Gasteiger partial charge in [-0.3, -0.25) is 4.79 Å². The van der Waals surface area contributed by atoms with Crippen LogP contribution in [0, 0.1) is 0 Å². The fraction of sp³-hybridized carbons (Fsp3) is 0.421. The van der Waals surface area contributed by atoms with Crippen molar-refractivity contribution in [2.45, 2.75) is 45.4 Å². The van der Waals surface area contributed by atoms with Crippen molar-refractivity contribution in [2.24, 2.45) is 0 Å². The van der Waals surface area contributed by atoms with Crippen LogP contribution < -0.4 is 5.32 Å². The third-order valence-electron chi connectivity index (χ3n) is 3.28. The summed E-state index contributed by atoms with van der Waals surface area (Å²) in [6, 6.07) is 10.7. The maximum absolute atomic E-state index is 10.6. The maximum Gasteiger partial charge on any atom is 0.217 e. The zero-order valence-electron chi connectivity index (χ0n) is 13.1. The molecular weight excluding hydrogens is 258 g/mol. The molecule has 0 aliphatic rings. The molecule has 0 aromatic heterocycles. The van der Waals surface area contributed by atoms with Gasteiger partial charge in [-0.15, -0.1) is 0 Å². The lowest BCUT2D eigenvalue weighted by atomic mass is 10.1. The van der Waals surface area contributed by atoms with Gasteiger partial charge in [0, 0.05) is 13.5 Å². The normalized spacial score (nSPS) is 11.3. The average molecular weight is 285 g/mol. The van der Waals surface area contributed by atoms with Gasteiger partial charge in [-0.2, -0.15) is 0 Å². The SMILES string of the molecule is CC(=O)NCC=CC=CCCCCCCc1ccccc1. The molecule has 2 heteroatoms. The number of amides is 1. The summed E-state index contributed by atoms with van der Waals surface area (Å²) in [7, 11) is 0. The summed E-state index contributed by atoms with van der Waals surface area (Å²) in [6.45, 7) is 2.14. The quantitative estimate of drug-likeness (QED) is 0.500. The predicted molar refractivity (Wildman–Crippen MR) is 90.2 cm³/mol. The standard InChI is InChI=1S/C19H27NO/c1-18(21)20-17-13-8-6-4-2-3-5-7-10-14-19-15-11-9-12-16-19/h4,6,8-9,11-13,15-16H,2-3,5,7,10,14,17H2,1H3,(H,20,21). The lowest BCUT2D eigenvalue weighted by Gasteiger charge is -2.00. The molecular formula is C19H27NO. The van der Waals surface area contributed by atoms with E-state index in [1.807, 2.05) is 12.2 Å². The molecule has 1 aromatic carbocycles. The molecule has 0 fully saturated rings. The minimum absolute atomic E-state index is 0.0131. The summed E-state index contributed by atoms with van der Waals surface area (Å²) in [4.78, 5) is 10.6. The van der Waals surface area contributed by atoms with Gasteiger partial charge in [-0.25, -0.2) is 0 Å². The van der Waals surface area contributed by atoms with Crippen molar-refractivity contribution in [3.8, 4) is 0 Å². The summed E-state index contributed by atoms with van der Waals surface area (Å²) >= 11 is 0. The van der Waals surface area contributed by atoms with Gasteiger partial charge < -0.3 is 5.32 Å². The van der Waals surface area contributed by atoms with Crippen molar-refractivity contribution in [1.82, 2.24) is 5.32 Å². The number of rotatable bonds is 10. The topological polar surface area (TPSA) is 29.1 Å². The van der Waals surface area contributed by atoms with Crippen LogP contribution in [-0.4, -0.2) is 12.5 Å². The molecule has 0 aliphatic heterocycles. The van der Waals surface area contributed by atoms with Crippen LogP contribution in [0.25, 0.3) is 0 Å². The second-order valence-electron chi connectivity index (χ2n) is 5.23. The summed E-state index contributed by atoms with van der Waals surface area (Å²) in [6.07, 6.45) is 15.7. The molecule has 0 saturated heterocycles. The number of unbranched alkanes of at least 4 members (excludes halogenated alkanes) is 4. The van der Waals surface area contributed by atoms with Crippen LogP contribution in [0.3, 0.4) is 0 Å². The zero-order valence-corrected chi connectivity index (χ0v) is 13.1. The summed E-state index contributed by atoms with van der Waals surface area (Å²) in [5.74, 6) is 0.0131. The van der Waals surface area contributed by atoms with Crippen molar-refractivity contribution in [3.05, 3.63) is 60.2 Å². The van der Waals surface area contributed by atoms with Crippen molar-refractivity contribution in [1.29, 1.82) is 0 Å². The Balaban J connectivity index is 1.91. The molecule has 114 valence electrons. The van der Waals surface area contributed by atoms with Gasteiger partial charge in [-0.1, -0.05) is 67.5 Å². The molecule has 1 amide bonds. The molecule has 0 heterocycles. The predicted octanol–water partition coefficient (Wildman–Crippen LogP) is 4.43. The van der Waals surface area contributed by atoms with Crippen LogP contribution in [0.4, 0.5) is 0 Å². The minimum Gasteiger partial charge on any atom is -0.353 e. The minimum atomic E-state index is 0.0131. The van der Waals surface area contributed by atoms with E-state index in [2.05, 4.69) is 47.8 Å². The van der Waals surface area contributed by atoms with Crippen LogP contribution in [0.1, 0.15) is 44.6 Å². The molecule has 0 radical (unpaired) electrons. The molecule has 0 unspecified atom stereocenters. The molecule has 1 aromatic rings. The molecule has 21 heavy (non-hydrogen) atoms. The van der Waals surface area contributed by atoms with E-state index in [0.717, 1.165) is 6.42 Å². The highest BCUT2D eigenvalue weighted by atomic mass is 16.1. The highest BCUT2D eigenvalue weighted by Crippen LogP contribution is 2.08. The largest absolute Gasteiger partial charge is 0.353 e. The van der Waals surface area contributed by atoms with E-state index in [1.165, 1.54) is 44.6 Å². The van der Waals surface area contributed by atoms with Crippen molar-refractivity contribution < 1.29 is 4.79 Å². The van der Waals surface area contributed by atoms with Crippen molar-refractivity contribution >= 4 is 5.91 Å². The lowest BCUT2D eigenvalue weighted by Crippen LogP contribution is -2.19. The van der Waals surface area contributed by atoms with E-state index in [4.69, 9.17) is 0 Å². The highest BCUT2D eigenvalue weighted by molar-refractivity contribution is 5.72. The number of carbonyl (C=O) groups is 1. The van der Waals surface area contributed by atoms with Crippen molar-refractivity contribution in [2.75, 3.05) is 6.54 Å². The van der Waals surface area contributed by atoms with Gasteiger partial charge >= 0.3 is 0 Å². The Bertz CT molecular complexity index is 434. The monoisotopic (exact) mass is 285 g/mol. The maximum atomic E-state index is 10.6. The number of carbonyl (C=O) groups excluding carboxylic acids is 1. The van der Waals surface area contributed by atoms with Gasteiger partial charge in [0.1, 0.15) is 0 Å². The Kier molecular flexibility index (Phi) is 9.80. The summed E-state index contributed by atoms with van der Waals surface area (Å²) in [5.41, 5.74) is 1.45. The fourth-order valence-electron chi connectivity index (χ4n) is 2.11. The van der Waals surface area contributed by atoms with Crippen LogP contribution in [-0.2, 0) is 11.2 Å². The van der Waals surface area contributed by atoms with Crippen LogP contribution in [0.5, 0.6) is 0 Å². The number of aryl methyl sites for hydroxylation is 1. The van der Waals surface area contributed by atoms with Gasteiger partial charge in [-0.05, 0) is 31.2 Å². The van der Waals surface area contributed by atoms with Gasteiger partial charge in [0.2, 0.25) is 5.91 Å². The number of hydrogen-bond acceptors (Lipinski definition) is 1. The first-order valence-electron chi connectivity index (χ1n) is 7.89. The third-order valence-corrected chi connectivity index (χ3v) is 3.28. The second-order valence-corrected chi connectivity index (χ2v) is 5.23. The molecule has 0 bridgehead atoms. The first kappa shape index (κ1) is 17.2.